The molecule has 0 aliphatic rings. The SMILES string of the molecule is Cc1cc(Nc2ncc(Cl)c(C)n2)cc(-c2cnn(CCC(N)=O)c2)c1. The van der Waals surface area contributed by atoms with Crippen LogP contribution in [-0.2, 0) is 11.3 Å². The van der Waals surface area contributed by atoms with E-state index < -0.39 is 0 Å². The highest BCUT2D eigenvalue weighted by molar-refractivity contribution is 6.31. The molecule has 0 aliphatic carbocycles. The first kappa shape index (κ1) is 17.9. The third-order valence-corrected chi connectivity index (χ3v) is 4.18. The van der Waals surface area contributed by atoms with Gasteiger partial charge in [-0.3, -0.25) is 9.48 Å². The van der Waals surface area contributed by atoms with Gasteiger partial charge in [-0.1, -0.05) is 17.7 Å². The molecule has 26 heavy (non-hydrogen) atoms. The van der Waals surface area contributed by atoms with Gasteiger partial charge in [0.15, 0.2) is 0 Å². The molecule has 0 bridgehead atoms. The minimum atomic E-state index is -0.345. The molecular weight excluding hydrogens is 352 g/mol. The van der Waals surface area contributed by atoms with Crippen molar-refractivity contribution in [3.8, 4) is 11.1 Å². The van der Waals surface area contributed by atoms with Crippen molar-refractivity contribution in [3.05, 3.63) is 53.1 Å². The number of aryl methyl sites for hydroxylation is 3. The number of hydrogen-bond acceptors (Lipinski definition) is 5. The van der Waals surface area contributed by atoms with Gasteiger partial charge >= 0.3 is 0 Å². The second kappa shape index (κ2) is 7.53. The molecule has 0 radical (unpaired) electrons. The second-order valence-corrected chi connectivity index (χ2v) is 6.46. The standard InChI is InChI=1S/C18H19ClN6O/c1-11-5-13(14-8-22-25(10-14)4-3-17(20)26)7-15(6-11)24-18-21-9-16(19)12(2)23-18/h5-10H,3-4H2,1-2H3,(H2,20,26)(H,21,23,24). The molecule has 2 heterocycles. The minimum Gasteiger partial charge on any atom is -0.370 e. The fraction of sp³-hybridized carbons (Fsp3) is 0.222. The van der Waals surface area contributed by atoms with E-state index in [4.69, 9.17) is 17.3 Å². The molecule has 3 N–H and O–H groups in total. The quantitative estimate of drug-likeness (QED) is 0.694. The van der Waals surface area contributed by atoms with E-state index in [1.807, 2.05) is 32.2 Å². The maximum Gasteiger partial charge on any atom is 0.227 e. The number of rotatable bonds is 6. The predicted molar refractivity (Wildman–Crippen MR) is 101 cm³/mol. The van der Waals surface area contributed by atoms with Gasteiger partial charge in [0.2, 0.25) is 11.9 Å². The average Bonchev–Trinajstić information content (AvgIpc) is 3.05. The van der Waals surface area contributed by atoms with Crippen molar-refractivity contribution in [2.75, 3.05) is 5.32 Å². The third kappa shape index (κ3) is 4.37. The summed E-state index contributed by atoms with van der Waals surface area (Å²) in [6.45, 7) is 4.31. The summed E-state index contributed by atoms with van der Waals surface area (Å²) in [7, 11) is 0. The monoisotopic (exact) mass is 370 g/mol. The minimum absolute atomic E-state index is 0.259. The Bertz CT molecular complexity index is 953. The number of carbonyl (C=O) groups is 1. The average molecular weight is 371 g/mol. The number of nitrogens with zero attached hydrogens (tertiary/aromatic N) is 4. The van der Waals surface area contributed by atoms with E-state index in [1.54, 1.807) is 17.1 Å². The number of hydrogen-bond donors (Lipinski definition) is 2. The second-order valence-electron chi connectivity index (χ2n) is 6.05. The van der Waals surface area contributed by atoms with Gasteiger partial charge in [-0.15, -0.1) is 0 Å². The lowest BCUT2D eigenvalue weighted by molar-refractivity contribution is -0.118. The summed E-state index contributed by atoms with van der Waals surface area (Å²) >= 11 is 5.97. The first-order valence-electron chi connectivity index (χ1n) is 8.10. The highest BCUT2D eigenvalue weighted by atomic mass is 35.5. The van der Waals surface area contributed by atoms with Gasteiger partial charge < -0.3 is 11.1 Å². The fourth-order valence-electron chi connectivity index (χ4n) is 2.52. The Balaban J connectivity index is 1.83. The Hall–Kier alpha value is -2.93. The maximum absolute atomic E-state index is 10.9. The van der Waals surface area contributed by atoms with E-state index in [2.05, 4.69) is 26.4 Å². The van der Waals surface area contributed by atoms with Gasteiger partial charge in [0.25, 0.3) is 0 Å². The van der Waals surface area contributed by atoms with Crippen molar-refractivity contribution in [2.45, 2.75) is 26.8 Å². The van der Waals surface area contributed by atoms with Gasteiger partial charge in [0.05, 0.1) is 23.1 Å². The summed E-state index contributed by atoms with van der Waals surface area (Å²) in [5.74, 6) is 0.142. The largest absolute Gasteiger partial charge is 0.370 e. The van der Waals surface area contributed by atoms with Crippen molar-refractivity contribution < 1.29 is 4.79 Å². The van der Waals surface area contributed by atoms with Crippen LogP contribution in [0.4, 0.5) is 11.6 Å². The molecule has 3 aromatic rings. The summed E-state index contributed by atoms with van der Waals surface area (Å²) in [6.07, 6.45) is 5.49. The number of nitrogens with two attached hydrogens (primary N) is 1. The lowest BCUT2D eigenvalue weighted by Gasteiger charge is -2.09. The number of halogens is 1. The van der Waals surface area contributed by atoms with Crippen molar-refractivity contribution in [1.29, 1.82) is 0 Å². The number of amides is 1. The Kier molecular flexibility index (Phi) is 5.18. The van der Waals surface area contributed by atoms with Crippen LogP contribution >= 0.6 is 11.6 Å². The zero-order valence-corrected chi connectivity index (χ0v) is 15.3. The van der Waals surface area contributed by atoms with Crippen LogP contribution in [0.15, 0.2) is 36.8 Å². The van der Waals surface area contributed by atoms with E-state index in [1.165, 1.54) is 0 Å². The van der Waals surface area contributed by atoms with Gasteiger partial charge in [-0.05, 0) is 37.1 Å². The van der Waals surface area contributed by atoms with Crippen molar-refractivity contribution >= 4 is 29.1 Å². The summed E-state index contributed by atoms with van der Waals surface area (Å²) in [5, 5.41) is 8.01. The van der Waals surface area contributed by atoms with Crippen molar-refractivity contribution in [2.24, 2.45) is 5.73 Å². The van der Waals surface area contributed by atoms with Crippen LogP contribution in [0, 0.1) is 13.8 Å². The molecule has 0 atom stereocenters. The molecule has 2 aromatic heterocycles. The highest BCUT2D eigenvalue weighted by Crippen LogP contribution is 2.26. The van der Waals surface area contributed by atoms with E-state index in [-0.39, 0.29) is 12.3 Å². The number of nitrogens with one attached hydrogen (secondary N) is 1. The Morgan fingerprint density at radius 3 is 2.77 bits per heavy atom. The molecule has 0 aliphatic heterocycles. The Labute approximate surface area is 156 Å². The number of benzene rings is 1. The molecule has 7 nitrogen and oxygen atoms in total. The van der Waals surface area contributed by atoms with Crippen molar-refractivity contribution in [1.82, 2.24) is 19.7 Å². The lowest BCUT2D eigenvalue weighted by Crippen LogP contribution is -2.13. The molecule has 0 unspecified atom stereocenters. The third-order valence-electron chi connectivity index (χ3n) is 3.81. The fourth-order valence-corrected chi connectivity index (χ4v) is 2.61. The molecule has 1 aromatic carbocycles. The lowest BCUT2D eigenvalue weighted by atomic mass is 10.1. The van der Waals surface area contributed by atoms with Crippen LogP contribution in [0.3, 0.4) is 0 Å². The molecule has 134 valence electrons. The molecule has 0 saturated heterocycles. The van der Waals surface area contributed by atoms with Crippen LogP contribution in [0.5, 0.6) is 0 Å². The van der Waals surface area contributed by atoms with E-state index in [0.717, 1.165) is 22.4 Å². The smallest absolute Gasteiger partial charge is 0.227 e. The zero-order valence-electron chi connectivity index (χ0n) is 14.5. The number of primary amides is 1. The van der Waals surface area contributed by atoms with Crippen LogP contribution in [-0.4, -0.2) is 25.7 Å². The van der Waals surface area contributed by atoms with Crippen LogP contribution in [0.1, 0.15) is 17.7 Å². The molecule has 0 fully saturated rings. The molecule has 8 heteroatoms. The first-order valence-corrected chi connectivity index (χ1v) is 8.47. The molecule has 0 spiro atoms. The predicted octanol–water partition coefficient (Wildman–Crippen LogP) is 3.23. The molecule has 1 amide bonds. The van der Waals surface area contributed by atoms with Gasteiger partial charge in [-0.2, -0.15) is 5.10 Å². The van der Waals surface area contributed by atoms with Crippen molar-refractivity contribution in [3.63, 3.8) is 0 Å². The number of carbonyl (C=O) groups excluding carboxylic acids is 1. The summed E-state index contributed by atoms with van der Waals surface area (Å²) < 4.78 is 1.71. The molecule has 3 rings (SSSR count). The molecular formula is C18H19ClN6O. The maximum atomic E-state index is 10.9. The van der Waals surface area contributed by atoms with E-state index in [0.29, 0.717) is 23.2 Å². The normalized spacial score (nSPS) is 10.7. The highest BCUT2D eigenvalue weighted by Gasteiger charge is 2.07. The first-order chi connectivity index (χ1) is 12.4. The van der Waals surface area contributed by atoms with Gasteiger partial charge in [0.1, 0.15) is 0 Å². The summed E-state index contributed by atoms with van der Waals surface area (Å²) in [5.41, 5.74) is 9.81. The summed E-state index contributed by atoms with van der Waals surface area (Å²) in [6, 6.07) is 6.07. The topological polar surface area (TPSA) is 98.7 Å². The molecule has 0 saturated carbocycles. The van der Waals surface area contributed by atoms with Crippen LogP contribution in [0.25, 0.3) is 11.1 Å². The number of anilines is 2. The van der Waals surface area contributed by atoms with Crippen LogP contribution in [0.2, 0.25) is 5.02 Å². The van der Waals surface area contributed by atoms with Crippen LogP contribution < -0.4 is 11.1 Å². The number of aromatic nitrogens is 4. The van der Waals surface area contributed by atoms with Gasteiger partial charge in [0, 0.05) is 30.4 Å². The zero-order chi connectivity index (χ0) is 18.7. The van der Waals surface area contributed by atoms with E-state index in [9.17, 15) is 4.79 Å². The Morgan fingerprint density at radius 1 is 1.23 bits per heavy atom. The Morgan fingerprint density at radius 2 is 2.04 bits per heavy atom. The summed E-state index contributed by atoms with van der Waals surface area (Å²) in [4.78, 5) is 19.4. The van der Waals surface area contributed by atoms with Gasteiger partial charge in [-0.25, -0.2) is 9.97 Å². The van der Waals surface area contributed by atoms with E-state index >= 15 is 0 Å².